The number of aromatic nitrogens is 2. The lowest BCUT2D eigenvalue weighted by Crippen LogP contribution is -2.01. The van der Waals surface area contributed by atoms with Gasteiger partial charge < -0.3 is 4.74 Å². The van der Waals surface area contributed by atoms with Crippen LogP contribution in [0.5, 0.6) is 5.75 Å². The molecule has 0 radical (unpaired) electrons. The van der Waals surface area contributed by atoms with Gasteiger partial charge in [0.15, 0.2) is 0 Å². The van der Waals surface area contributed by atoms with Crippen molar-refractivity contribution < 1.29 is 4.74 Å². The molecule has 4 heteroatoms. The molecule has 0 saturated carbocycles. The largest absolute Gasteiger partial charge is 0.492 e. The Labute approximate surface area is 99.1 Å². The smallest absolute Gasteiger partial charge is 0.137 e. The summed E-state index contributed by atoms with van der Waals surface area (Å²) in [6.45, 7) is 0.606. The topological polar surface area (TPSA) is 35.0 Å². The Kier molecular flexibility index (Phi) is 3.72. The van der Waals surface area contributed by atoms with Crippen molar-refractivity contribution in [2.45, 2.75) is 6.42 Å². The number of nitrogens with zero attached hydrogens (tertiary/aromatic N) is 2. The van der Waals surface area contributed by atoms with Gasteiger partial charge in [-0.15, -0.1) is 0 Å². The van der Waals surface area contributed by atoms with E-state index in [1.165, 1.54) is 0 Å². The third kappa shape index (κ3) is 3.21. The Morgan fingerprint density at radius 3 is 2.81 bits per heavy atom. The second kappa shape index (κ2) is 5.47. The third-order valence-corrected chi connectivity index (χ3v) is 2.31. The molecule has 2 heterocycles. The predicted octanol–water partition coefficient (Wildman–Crippen LogP) is 2.75. The number of hydrogen-bond acceptors (Lipinski definition) is 3. The third-order valence-electron chi connectivity index (χ3n) is 2.08. The van der Waals surface area contributed by atoms with Gasteiger partial charge in [0.2, 0.25) is 0 Å². The molecule has 0 aliphatic rings. The molecule has 0 saturated heterocycles. The van der Waals surface area contributed by atoms with Crippen molar-refractivity contribution in [2.75, 3.05) is 6.61 Å². The van der Waals surface area contributed by atoms with Crippen LogP contribution in [0.25, 0.3) is 0 Å². The van der Waals surface area contributed by atoms with Crippen LogP contribution in [0.1, 0.15) is 5.56 Å². The van der Waals surface area contributed by atoms with E-state index >= 15 is 0 Å². The molecule has 0 aliphatic carbocycles. The monoisotopic (exact) mass is 234 g/mol. The Hall–Kier alpha value is -1.61. The maximum atomic E-state index is 5.67. The average molecular weight is 235 g/mol. The van der Waals surface area contributed by atoms with Gasteiger partial charge in [0.25, 0.3) is 0 Å². The fourth-order valence-electron chi connectivity index (χ4n) is 1.28. The first kappa shape index (κ1) is 10.9. The minimum Gasteiger partial charge on any atom is -0.492 e. The first-order chi connectivity index (χ1) is 7.84. The first-order valence-corrected chi connectivity index (χ1v) is 5.35. The summed E-state index contributed by atoms with van der Waals surface area (Å²) in [5.41, 5.74) is 1.16. The molecule has 0 bridgehead atoms. The lowest BCUT2D eigenvalue weighted by atomic mass is 10.2. The highest BCUT2D eigenvalue weighted by molar-refractivity contribution is 6.29. The standard InChI is InChI=1S/C12H11ClN2O/c13-12-4-3-11(9-15-12)16-7-5-10-2-1-6-14-8-10/h1-4,6,8-9H,5,7H2. The van der Waals surface area contributed by atoms with Gasteiger partial charge in [0.05, 0.1) is 12.8 Å². The molecule has 16 heavy (non-hydrogen) atoms. The van der Waals surface area contributed by atoms with Gasteiger partial charge in [-0.1, -0.05) is 17.7 Å². The fourth-order valence-corrected chi connectivity index (χ4v) is 1.39. The number of hydrogen-bond donors (Lipinski definition) is 0. The summed E-state index contributed by atoms with van der Waals surface area (Å²) in [6, 6.07) is 7.45. The summed E-state index contributed by atoms with van der Waals surface area (Å²) in [5.74, 6) is 0.730. The van der Waals surface area contributed by atoms with Crippen molar-refractivity contribution in [2.24, 2.45) is 0 Å². The van der Waals surface area contributed by atoms with Crippen LogP contribution in [0.15, 0.2) is 42.9 Å². The number of halogens is 1. The van der Waals surface area contributed by atoms with Crippen LogP contribution >= 0.6 is 11.6 Å². The molecule has 0 aromatic carbocycles. The minimum absolute atomic E-state index is 0.472. The van der Waals surface area contributed by atoms with E-state index < -0.39 is 0 Å². The van der Waals surface area contributed by atoms with E-state index in [9.17, 15) is 0 Å². The summed E-state index contributed by atoms with van der Waals surface area (Å²) in [4.78, 5) is 7.97. The molecular formula is C12H11ClN2O. The van der Waals surface area contributed by atoms with Crippen molar-refractivity contribution in [3.05, 3.63) is 53.6 Å². The molecule has 2 aromatic rings. The number of pyridine rings is 2. The maximum Gasteiger partial charge on any atom is 0.137 e. The van der Waals surface area contributed by atoms with E-state index in [0.717, 1.165) is 17.7 Å². The van der Waals surface area contributed by atoms with Crippen molar-refractivity contribution in [3.8, 4) is 5.75 Å². The van der Waals surface area contributed by atoms with Crippen LogP contribution in [0.2, 0.25) is 5.15 Å². The fraction of sp³-hybridized carbons (Fsp3) is 0.167. The molecule has 0 fully saturated rings. The van der Waals surface area contributed by atoms with Crippen LogP contribution in [0.4, 0.5) is 0 Å². The van der Waals surface area contributed by atoms with E-state index in [2.05, 4.69) is 9.97 Å². The number of rotatable bonds is 4. The second-order valence-corrected chi connectivity index (χ2v) is 3.66. The van der Waals surface area contributed by atoms with Crippen molar-refractivity contribution in [3.63, 3.8) is 0 Å². The zero-order chi connectivity index (χ0) is 11.2. The lowest BCUT2D eigenvalue weighted by Gasteiger charge is -2.05. The van der Waals surface area contributed by atoms with Crippen molar-refractivity contribution in [1.82, 2.24) is 9.97 Å². The summed E-state index contributed by atoms with van der Waals surface area (Å²) < 4.78 is 5.52. The van der Waals surface area contributed by atoms with Gasteiger partial charge in [-0.2, -0.15) is 0 Å². The van der Waals surface area contributed by atoms with E-state index in [0.29, 0.717) is 11.8 Å². The van der Waals surface area contributed by atoms with E-state index in [1.807, 2.05) is 18.3 Å². The molecule has 82 valence electrons. The molecule has 0 N–H and O–H groups in total. The summed E-state index contributed by atoms with van der Waals surface area (Å²) in [7, 11) is 0. The first-order valence-electron chi connectivity index (χ1n) is 4.98. The summed E-state index contributed by atoms with van der Waals surface area (Å²) in [5, 5.41) is 0.472. The van der Waals surface area contributed by atoms with Crippen LogP contribution in [-0.2, 0) is 6.42 Å². The lowest BCUT2D eigenvalue weighted by molar-refractivity contribution is 0.320. The number of ether oxygens (including phenoxy) is 1. The van der Waals surface area contributed by atoms with Crippen LogP contribution in [0, 0.1) is 0 Å². The molecule has 2 aromatic heterocycles. The Balaban J connectivity index is 1.82. The molecule has 0 spiro atoms. The summed E-state index contributed by atoms with van der Waals surface area (Å²) in [6.07, 6.45) is 6.04. The highest BCUT2D eigenvalue weighted by Crippen LogP contribution is 2.12. The predicted molar refractivity (Wildman–Crippen MR) is 62.7 cm³/mol. The molecule has 0 atom stereocenters. The molecule has 2 rings (SSSR count). The van der Waals surface area contributed by atoms with Crippen LogP contribution in [0.3, 0.4) is 0 Å². The van der Waals surface area contributed by atoms with Gasteiger partial charge in [-0.05, 0) is 23.8 Å². The quantitative estimate of drug-likeness (QED) is 0.763. The van der Waals surface area contributed by atoms with Crippen molar-refractivity contribution in [1.29, 1.82) is 0 Å². The Bertz CT molecular complexity index is 431. The molecule has 0 aliphatic heterocycles. The van der Waals surface area contributed by atoms with E-state index in [1.54, 1.807) is 24.5 Å². The Morgan fingerprint density at radius 2 is 2.12 bits per heavy atom. The van der Waals surface area contributed by atoms with E-state index in [4.69, 9.17) is 16.3 Å². The van der Waals surface area contributed by atoms with Gasteiger partial charge >= 0.3 is 0 Å². The highest BCUT2D eigenvalue weighted by atomic mass is 35.5. The summed E-state index contributed by atoms with van der Waals surface area (Å²) >= 11 is 5.67. The van der Waals surface area contributed by atoms with Crippen molar-refractivity contribution >= 4 is 11.6 Å². The second-order valence-electron chi connectivity index (χ2n) is 3.28. The van der Waals surface area contributed by atoms with E-state index in [-0.39, 0.29) is 0 Å². The van der Waals surface area contributed by atoms with Crippen LogP contribution < -0.4 is 4.74 Å². The minimum atomic E-state index is 0.472. The normalized spacial score (nSPS) is 10.1. The van der Waals surface area contributed by atoms with Gasteiger partial charge in [0.1, 0.15) is 10.9 Å². The Morgan fingerprint density at radius 1 is 1.19 bits per heavy atom. The van der Waals surface area contributed by atoms with Crippen LogP contribution in [-0.4, -0.2) is 16.6 Å². The van der Waals surface area contributed by atoms with Gasteiger partial charge in [-0.25, -0.2) is 4.98 Å². The highest BCUT2D eigenvalue weighted by Gasteiger charge is 1.96. The SMILES string of the molecule is Clc1ccc(OCCc2cccnc2)cn1. The van der Waals surface area contributed by atoms with Gasteiger partial charge in [0, 0.05) is 18.8 Å². The average Bonchev–Trinajstić information content (AvgIpc) is 2.33. The maximum absolute atomic E-state index is 5.67. The zero-order valence-corrected chi connectivity index (χ0v) is 9.39. The molecule has 0 unspecified atom stereocenters. The van der Waals surface area contributed by atoms with Gasteiger partial charge in [-0.3, -0.25) is 4.98 Å². The molecule has 3 nitrogen and oxygen atoms in total. The molecular weight excluding hydrogens is 224 g/mol. The zero-order valence-electron chi connectivity index (χ0n) is 8.64. The molecule has 0 amide bonds.